The third kappa shape index (κ3) is 3.29. The molecule has 1 aromatic rings. The zero-order valence-corrected chi connectivity index (χ0v) is 11.5. The summed E-state index contributed by atoms with van der Waals surface area (Å²) in [5.41, 5.74) is 4.97. The number of halogens is 1. The standard InChI is InChI=1S/C10H15BrN4O2/c1-10(2,9(16)17-3)4-13-8-6(11)7(12)14-5-15-8/h5H,4H2,1-3H3,(H3,12,13,14,15). The average Bonchev–Trinajstić information content (AvgIpc) is 2.30. The monoisotopic (exact) mass is 302 g/mol. The summed E-state index contributed by atoms with van der Waals surface area (Å²) in [5.74, 6) is 0.607. The Morgan fingerprint density at radius 3 is 2.82 bits per heavy atom. The predicted molar refractivity (Wildman–Crippen MR) is 68.4 cm³/mol. The molecule has 0 aliphatic carbocycles. The first kappa shape index (κ1) is 13.7. The highest BCUT2D eigenvalue weighted by molar-refractivity contribution is 9.10. The van der Waals surface area contributed by atoms with Gasteiger partial charge in [-0.1, -0.05) is 0 Å². The Bertz CT molecular complexity index is 423. The van der Waals surface area contributed by atoms with Gasteiger partial charge in [0.2, 0.25) is 0 Å². The van der Waals surface area contributed by atoms with E-state index in [1.54, 1.807) is 13.8 Å². The molecular formula is C10H15BrN4O2. The number of rotatable bonds is 4. The van der Waals surface area contributed by atoms with Crippen LogP contribution in [0.5, 0.6) is 0 Å². The fourth-order valence-corrected chi connectivity index (χ4v) is 1.50. The number of nitrogens with two attached hydrogens (primary N) is 1. The first-order valence-electron chi connectivity index (χ1n) is 4.96. The molecule has 1 heterocycles. The summed E-state index contributed by atoms with van der Waals surface area (Å²) in [5, 5.41) is 3.03. The molecule has 94 valence electrons. The molecule has 0 spiro atoms. The number of carbonyl (C=O) groups excluding carboxylic acids is 1. The summed E-state index contributed by atoms with van der Waals surface area (Å²) in [7, 11) is 1.36. The molecule has 17 heavy (non-hydrogen) atoms. The van der Waals surface area contributed by atoms with Crippen molar-refractivity contribution in [3.05, 3.63) is 10.8 Å². The van der Waals surface area contributed by atoms with Crippen molar-refractivity contribution in [3.8, 4) is 0 Å². The van der Waals surface area contributed by atoms with E-state index in [4.69, 9.17) is 10.5 Å². The topological polar surface area (TPSA) is 90.1 Å². The third-order valence-corrected chi connectivity index (χ3v) is 3.03. The van der Waals surface area contributed by atoms with E-state index >= 15 is 0 Å². The van der Waals surface area contributed by atoms with Crippen molar-refractivity contribution in [1.82, 2.24) is 9.97 Å². The lowest BCUT2D eigenvalue weighted by atomic mass is 9.94. The fraction of sp³-hybridized carbons (Fsp3) is 0.500. The Balaban J connectivity index is 2.74. The smallest absolute Gasteiger partial charge is 0.313 e. The van der Waals surface area contributed by atoms with Crippen molar-refractivity contribution >= 4 is 33.5 Å². The molecule has 0 atom stereocenters. The van der Waals surface area contributed by atoms with Gasteiger partial charge in [0.1, 0.15) is 22.4 Å². The van der Waals surface area contributed by atoms with Crippen molar-refractivity contribution in [3.63, 3.8) is 0 Å². The van der Waals surface area contributed by atoms with Crippen LogP contribution in [0.1, 0.15) is 13.8 Å². The van der Waals surface area contributed by atoms with Gasteiger partial charge in [0.05, 0.1) is 12.5 Å². The number of hydrogen-bond acceptors (Lipinski definition) is 6. The second kappa shape index (κ2) is 5.31. The number of hydrogen-bond donors (Lipinski definition) is 2. The lowest BCUT2D eigenvalue weighted by molar-refractivity contribution is -0.149. The van der Waals surface area contributed by atoms with Gasteiger partial charge in [-0.25, -0.2) is 9.97 Å². The molecule has 0 fully saturated rings. The number of ether oxygens (including phenoxy) is 1. The van der Waals surface area contributed by atoms with Gasteiger partial charge in [0.25, 0.3) is 0 Å². The Kier molecular flexibility index (Phi) is 4.28. The van der Waals surface area contributed by atoms with Gasteiger partial charge in [-0.3, -0.25) is 4.79 Å². The molecule has 0 saturated carbocycles. The van der Waals surface area contributed by atoms with Gasteiger partial charge in [-0.2, -0.15) is 0 Å². The van der Waals surface area contributed by atoms with Crippen LogP contribution >= 0.6 is 15.9 Å². The Hall–Kier alpha value is -1.37. The van der Waals surface area contributed by atoms with E-state index in [9.17, 15) is 4.79 Å². The summed E-state index contributed by atoms with van der Waals surface area (Å²) in [4.78, 5) is 19.3. The van der Waals surface area contributed by atoms with Crippen LogP contribution < -0.4 is 11.1 Å². The van der Waals surface area contributed by atoms with E-state index in [-0.39, 0.29) is 5.97 Å². The molecule has 0 bridgehead atoms. The maximum atomic E-state index is 11.5. The molecular weight excluding hydrogens is 288 g/mol. The minimum atomic E-state index is -0.645. The minimum absolute atomic E-state index is 0.289. The number of nitrogens with one attached hydrogen (secondary N) is 1. The third-order valence-electron chi connectivity index (χ3n) is 2.25. The van der Waals surface area contributed by atoms with Gasteiger partial charge in [-0.15, -0.1) is 0 Å². The molecule has 0 saturated heterocycles. The van der Waals surface area contributed by atoms with Crippen LogP contribution in [-0.2, 0) is 9.53 Å². The minimum Gasteiger partial charge on any atom is -0.469 e. The van der Waals surface area contributed by atoms with Crippen molar-refractivity contribution in [2.45, 2.75) is 13.8 Å². The molecule has 0 aliphatic heterocycles. The van der Waals surface area contributed by atoms with E-state index in [0.29, 0.717) is 22.7 Å². The van der Waals surface area contributed by atoms with Crippen molar-refractivity contribution in [2.75, 3.05) is 24.7 Å². The van der Waals surface area contributed by atoms with E-state index in [1.165, 1.54) is 13.4 Å². The molecule has 0 aromatic carbocycles. The molecule has 1 aromatic heterocycles. The lowest BCUT2D eigenvalue weighted by Crippen LogP contribution is -2.33. The SMILES string of the molecule is COC(=O)C(C)(C)CNc1ncnc(N)c1Br. The Labute approximate surface area is 108 Å². The summed E-state index contributed by atoms with van der Waals surface area (Å²) in [6.07, 6.45) is 1.35. The van der Waals surface area contributed by atoms with E-state index in [2.05, 4.69) is 31.2 Å². The van der Waals surface area contributed by atoms with Gasteiger partial charge in [0.15, 0.2) is 0 Å². The summed E-state index contributed by atoms with van der Waals surface area (Å²) < 4.78 is 5.29. The number of carbonyl (C=O) groups is 1. The summed E-state index contributed by atoms with van der Waals surface area (Å²) in [6, 6.07) is 0. The molecule has 0 radical (unpaired) electrons. The van der Waals surface area contributed by atoms with Gasteiger partial charge >= 0.3 is 5.97 Å². The van der Waals surface area contributed by atoms with E-state index in [1.807, 2.05) is 0 Å². The number of methoxy groups -OCH3 is 1. The number of aromatic nitrogens is 2. The molecule has 0 amide bonds. The maximum Gasteiger partial charge on any atom is 0.313 e. The van der Waals surface area contributed by atoms with Gasteiger partial charge in [0, 0.05) is 6.54 Å². The first-order valence-corrected chi connectivity index (χ1v) is 5.76. The number of anilines is 2. The average molecular weight is 303 g/mol. The quantitative estimate of drug-likeness (QED) is 0.818. The second-order valence-electron chi connectivity index (χ2n) is 4.15. The Morgan fingerprint density at radius 2 is 2.24 bits per heavy atom. The number of esters is 1. The highest BCUT2D eigenvalue weighted by Crippen LogP contribution is 2.25. The van der Waals surface area contributed by atoms with Crippen molar-refractivity contribution in [2.24, 2.45) is 5.41 Å². The van der Waals surface area contributed by atoms with Crippen LogP contribution in [0.2, 0.25) is 0 Å². The number of nitrogen functional groups attached to an aromatic ring is 1. The lowest BCUT2D eigenvalue weighted by Gasteiger charge is -2.22. The van der Waals surface area contributed by atoms with Crippen LogP contribution in [-0.4, -0.2) is 29.6 Å². The van der Waals surface area contributed by atoms with Crippen LogP contribution in [0, 0.1) is 5.41 Å². The highest BCUT2D eigenvalue weighted by Gasteiger charge is 2.28. The first-order chi connectivity index (χ1) is 7.88. The van der Waals surface area contributed by atoms with Crippen molar-refractivity contribution in [1.29, 1.82) is 0 Å². The molecule has 3 N–H and O–H groups in total. The molecule has 1 rings (SSSR count). The fourth-order valence-electron chi connectivity index (χ4n) is 1.16. The van der Waals surface area contributed by atoms with Gasteiger partial charge < -0.3 is 15.8 Å². The zero-order valence-electron chi connectivity index (χ0n) is 9.95. The normalized spacial score (nSPS) is 11.1. The molecule has 7 heteroatoms. The van der Waals surface area contributed by atoms with Crippen LogP contribution in [0.3, 0.4) is 0 Å². The second-order valence-corrected chi connectivity index (χ2v) is 4.94. The van der Waals surface area contributed by atoms with Crippen LogP contribution in [0.15, 0.2) is 10.8 Å². The van der Waals surface area contributed by atoms with Gasteiger partial charge in [-0.05, 0) is 29.8 Å². The molecule has 0 aliphatic rings. The number of nitrogens with zero attached hydrogens (tertiary/aromatic N) is 2. The van der Waals surface area contributed by atoms with E-state index in [0.717, 1.165) is 0 Å². The highest BCUT2D eigenvalue weighted by atomic mass is 79.9. The van der Waals surface area contributed by atoms with Crippen LogP contribution in [0.25, 0.3) is 0 Å². The van der Waals surface area contributed by atoms with Crippen LogP contribution in [0.4, 0.5) is 11.6 Å². The van der Waals surface area contributed by atoms with Crippen molar-refractivity contribution < 1.29 is 9.53 Å². The van der Waals surface area contributed by atoms with E-state index < -0.39 is 5.41 Å². The summed E-state index contributed by atoms with van der Waals surface area (Å²) in [6.45, 7) is 3.95. The largest absolute Gasteiger partial charge is 0.469 e. The maximum absolute atomic E-state index is 11.5. The molecule has 0 unspecified atom stereocenters. The predicted octanol–water partition coefficient (Wildman–Crippen LogP) is 1.43. The zero-order chi connectivity index (χ0) is 13.1. The molecule has 6 nitrogen and oxygen atoms in total. The Morgan fingerprint density at radius 1 is 1.59 bits per heavy atom. The summed E-state index contributed by atoms with van der Waals surface area (Å²) >= 11 is 3.27.